The summed E-state index contributed by atoms with van der Waals surface area (Å²) in [5.74, 6) is 0. The van der Waals surface area contributed by atoms with Gasteiger partial charge in [0.05, 0.1) is 39.6 Å². The van der Waals surface area contributed by atoms with Crippen LogP contribution in [0.5, 0.6) is 0 Å². The number of methoxy groups -OCH3 is 1. The summed E-state index contributed by atoms with van der Waals surface area (Å²) in [6.45, 7) is 1.77. The Labute approximate surface area is 294 Å². The predicted molar refractivity (Wildman–Crippen MR) is 187 cm³/mol. The normalized spacial score (nSPS) is 26.5. The molecule has 8 atom stereocenters. The van der Waals surface area contributed by atoms with Crippen LogP contribution in [0.3, 0.4) is 0 Å². The van der Waals surface area contributed by atoms with Crippen LogP contribution in [0, 0.1) is 0 Å². The van der Waals surface area contributed by atoms with E-state index in [1.54, 1.807) is 19.3 Å². The van der Waals surface area contributed by atoms with Crippen LogP contribution in [0.4, 0.5) is 0 Å². The van der Waals surface area contributed by atoms with Gasteiger partial charge in [0, 0.05) is 7.11 Å². The molecule has 2 aliphatic rings. The Balaban J connectivity index is 1.22. The number of ether oxygens (including phenoxy) is 8. The van der Waals surface area contributed by atoms with Crippen molar-refractivity contribution in [2.75, 3.05) is 20.3 Å². The van der Waals surface area contributed by atoms with Gasteiger partial charge >= 0.3 is 0 Å². The van der Waals surface area contributed by atoms with Crippen molar-refractivity contribution in [3.63, 3.8) is 0 Å². The summed E-state index contributed by atoms with van der Waals surface area (Å²) in [4.78, 5) is 0. The van der Waals surface area contributed by atoms with E-state index in [1.165, 1.54) is 0 Å². The minimum Gasteiger partial charge on any atom is -0.386 e. The van der Waals surface area contributed by atoms with Crippen molar-refractivity contribution < 1.29 is 43.0 Å². The third kappa shape index (κ3) is 10.4. The largest absolute Gasteiger partial charge is 0.386 e. The van der Waals surface area contributed by atoms with Gasteiger partial charge in [-0.2, -0.15) is 0 Å². The van der Waals surface area contributed by atoms with Crippen molar-refractivity contribution in [2.45, 2.75) is 75.6 Å². The van der Waals surface area contributed by atoms with E-state index < -0.39 is 49.2 Å². The second-order valence-electron chi connectivity index (χ2n) is 12.3. The second kappa shape index (κ2) is 19.0. The molecule has 9 heteroatoms. The average molecular weight is 683 g/mol. The molecule has 2 heterocycles. The smallest absolute Gasteiger partial charge is 0.186 e. The van der Waals surface area contributed by atoms with E-state index >= 15 is 0 Å². The summed E-state index contributed by atoms with van der Waals surface area (Å²) in [6.07, 6.45) is -2.36. The van der Waals surface area contributed by atoms with Gasteiger partial charge in [0.15, 0.2) is 12.6 Å². The molecular weight excluding hydrogens is 636 g/mol. The van der Waals surface area contributed by atoms with Gasteiger partial charge in [-0.25, -0.2) is 0 Å². The number of hydrogen-bond acceptors (Lipinski definition) is 9. The van der Waals surface area contributed by atoms with Gasteiger partial charge in [-0.05, 0) is 28.3 Å². The summed E-state index contributed by atoms with van der Waals surface area (Å²) >= 11 is 0. The maximum atomic E-state index is 10.8. The van der Waals surface area contributed by atoms with E-state index in [-0.39, 0.29) is 13.2 Å². The molecular formula is C41H46O9. The van der Waals surface area contributed by atoms with E-state index in [0.29, 0.717) is 26.4 Å². The van der Waals surface area contributed by atoms with Crippen LogP contribution < -0.4 is 0 Å². The second-order valence-corrected chi connectivity index (χ2v) is 12.3. The number of benzene rings is 4. The molecule has 0 saturated carbocycles. The van der Waals surface area contributed by atoms with Crippen molar-refractivity contribution in [3.8, 4) is 0 Å². The van der Waals surface area contributed by atoms with E-state index in [1.807, 2.05) is 121 Å². The molecule has 1 N–H and O–H groups in total. The van der Waals surface area contributed by atoms with Crippen molar-refractivity contribution >= 4 is 0 Å². The zero-order chi connectivity index (χ0) is 34.4. The predicted octanol–water partition coefficient (Wildman–Crippen LogP) is 5.99. The first kappa shape index (κ1) is 36.1. The fourth-order valence-electron chi connectivity index (χ4n) is 6.00. The molecule has 0 radical (unpaired) electrons. The number of aliphatic hydroxyl groups excluding tert-OH is 1. The van der Waals surface area contributed by atoms with Crippen molar-refractivity contribution in [1.29, 1.82) is 0 Å². The minimum atomic E-state index is -0.858. The molecule has 1 saturated heterocycles. The van der Waals surface area contributed by atoms with Crippen LogP contribution in [0.15, 0.2) is 133 Å². The Kier molecular flexibility index (Phi) is 13.7. The minimum absolute atomic E-state index is 0.174. The summed E-state index contributed by atoms with van der Waals surface area (Å²) in [6, 6.07) is 39.7. The van der Waals surface area contributed by atoms with Crippen molar-refractivity contribution in [1.82, 2.24) is 0 Å². The van der Waals surface area contributed by atoms with Gasteiger partial charge in [0.2, 0.25) is 0 Å². The molecule has 0 spiro atoms. The molecule has 0 aliphatic carbocycles. The van der Waals surface area contributed by atoms with E-state index in [9.17, 15) is 5.11 Å². The number of aliphatic hydroxyl groups is 1. The van der Waals surface area contributed by atoms with Crippen LogP contribution in [0.2, 0.25) is 0 Å². The highest BCUT2D eigenvalue weighted by Gasteiger charge is 2.50. The lowest BCUT2D eigenvalue weighted by Crippen LogP contribution is -2.62. The third-order valence-corrected chi connectivity index (χ3v) is 8.63. The van der Waals surface area contributed by atoms with Gasteiger partial charge in [0.1, 0.15) is 36.6 Å². The lowest BCUT2D eigenvalue weighted by atomic mass is 9.97. The Morgan fingerprint density at radius 3 is 1.48 bits per heavy atom. The molecule has 6 rings (SSSR count). The monoisotopic (exact) mass is 682 g/mol. The molecule has 50 heavy (non-hydrogen) atoms. The topological polar surface area (TPSA) is 94.1 Å². The average Bonchev–Trinajstić information content (AvgIpc) is 3.17. The zero-order valence-electron chi connectivity index (χ0n) is 28.3. The molecule has 0 amide bonds. The third-order valence-electron chi connectivity index (χ3n) is 8.63. The standard InChI is InChI=1S/C41H46O9/c1-43-41-40(47-27-33-20-12-5-13-21-33)39(46-26-32-18-10-4-11-19-32)38(36(49-41)29-45-25-31-16-8-3-9-17-31)50-37-23-22-34(42)35(48-37)28-44-24-30-14-6-2-7-15-30/h2-23,34-42H,24-29H2,1H3/t34-,35-,36-,37+,38-,39+,40-,41+/m1/s1. The van der Waals surface area contributed by atoms with Crippen LogP contribution >= 0.6 is 0 Å². The lowest BCUT2D eigenvalue weighted by Gasteiger charge is -2.46. The Morgan fingerprint density at radius 2 is 0.980 bits per heavy atom. The van der Waals surface area contributed by atoms with Gasteiger partial charge in [-0.3, -0.25) is 0 Å². The Morgan fingerprint density at radius 1 is 0.520 bits per heavy atom. The maximum absolute atomic E-state index is 10.8. The van der Waals surface area contributed by atoms with Crippen LogP contribution in [0.25, 0.3) is 0 Å². The highest BCUT2D eigenvalue weighted by atomic mass is 16.7. The Bertz CT molecular complexity index is 1540. The number of rotatable bonds is 17. The molecule has 4 aromatic carbocycles. The number of hydrogen-bond donors (Lipinski definition) is 1. The van der Waals surface area contributed by atoms with E-state index in [0.717, 1.165) is 22.3 Å². The molecule has 0 aromatic heterocycles. The quantitative estimate of drug-likeness (QED) is 0.135. The zero-order valence-corrected chi connectivity index (χ0v) is 28.3. The molecule has 2 aliphatic heterocycles. The molecule has 0 bridgehead atoms. The first-order chi connectivity index (χ1) is 24.7. The summed E-state index contributed by atoms with van der Waals surface area (Å²) in [5.41, 5.74) is 4.07. The fourth-order valence-corrected chi connectivity index (χ4v) is 6.00. The van der Waals surface area contributed by atoms with E-state index in [2.05, 4.69) is 0 Å². The molecule has 9 nitrogen and oxygen atoms in total. The van der Waals surface area contributed by atoms with Crippen LogP contribution in [-0.2, 0) is 64.3 Å². The van der Waals surface area contributed by atoms with Crippen molar-refractivity contribution in [2.24, 2.45) is 0 Å². The maximum Gasteiger partial charge on any atom is 0.186 e. The van der Waals surface area contributed by atoms with E-state index in [4.69, 9.17) is 37.9 Å². The van der Waals surface area contributed by atoms with Gasteiger partial charge < -0.3 is 43.0 Å². The SMILES string of the molecule is CO[C@H]1O[C@H](COCc2ccccc2)[C@@H](O[C@H]2C=C[C@@H](O)[C@@H](COCc3ccccc3)O2)[C@H](OCc2ccccc2)[C@H]1OCc1ccccc1. The summed E-state index contributed by atoms with van der Waals surface area (Å²) in [7, 11) is 1.59. The molecule has 1 fully saturated rings. The Hall–Kier alpha value is -3.74. The molecule has 0 unspecified atom stereocenters. The van der Waals surface area contributed by atoms with Gasteiger partial charge in [0.25, 0.3) is 0 Å². The molecule has 264 valence electrons. The van der Waals surface area contributed by atoms with Gasteiger partial charge in [-0.1, -0.05) is 127 Å². The first-order valence-electron chi connectivity index (χ1n) is 17.1. The van der Waals surface area contributed by atoms with Crippen LogP contribution in [0.1, 0.15) is 22.3 Å². The first-order valence-corrected chi connectivity index (χ1v) is 17.1. The lowest BCUT2D eigenvalue weighted by molar-refractivity contribution is -0.339. The summed E-state index contributed by atoms with van der Waals surface area (Å²) in [5, 5.41) is 10.8. The van der Waals surface area contributed by atoms with Gasteiger partial charge in [-0.15, -0.1) is 0 Å². The molecule has 4 aromatic rings. The van der Waals surface area contributed by atoms with Crippen molar-refractivity contribution in [3.05, 3.63) is 156 Å². The fraction of sp³-hybridized carbons (Fsp3) is 0.366. The summed E-state index contributed by atoms with van der Waals surface area (Å²) < 4.78 is 50.8. The highest BCUT2D eigenvalue weighted by Crippen LogP contribution is 2.32. The highest BCUT2D eigenvalue weighted by molar-refractivity contribution is 5.16. The van der Waals surface area contributed by atoms with Crippen LogP contribution in [-0.4, -0.2) is 74.6 Å².